The molecule has 0 bridgehead atoms. The number of rotatable bonds is 47. The number of nitrogens with zero attached hydrogens (tertiary/aromatic N) is 2. The molecule has 0 saturated heterocycles. The Morgan fingerprint density at radius 3 is 1.55 bits per heavy atom. The minimum atomic E-state index is -3.46. The molecule has 0 aliphatic heterocycles. The number of sulfone groups is 1. The molecule has 0 spiro atoms. The molecule has 478 valence electrons. The van der Waals surface area contributed by atoms with Crippen molar-refractivity contribution >= 4 is 57.1 Å². The van der Waals surface area contributed by atoms with E-state index in [1.807, 2.05) is 0 Å². The van der Waals surface area contributed by atoms with Crippen LogP contribution < -0.4 is 37.6 Å². The molecule has 7 amide bonds. The second-order valence-corrected chi connectivity index (χ2v) is 22.0. The lowest BCUT2D eigenvalue weighted by Crippen LogP contribution is -2.55. The van der Waals surface area contributed by atoms with E-state index in [1.165, 1.54) is 12.4 Å². The summed E-state index contributed by atoms with van der Waals surface area (Å²) in [6.07, 6.45) is 5.52. The summed E-state index contributed by atoms with van der Waals surface area (Å²) >= 11 is 0. The SMILES string of the molecule is CC(C)[C@H](NC(=O)COCC(=O)NCCOCCOCCOCCOCCOCCOCCOCCOCCNC(=O)CCCC#Cc1cnc(S(C)(=O)=O)nc1)C(=O)N[C@@H](CCCNC(N)=O)C(=O)Nc1ccc(COC(=O)C(C)(C)C)cc1. The Hall–Kier alpha value is -6.46. The van der Waals surface area contributed by atoms with Gasteiger partial charge in [0.1, 0.15) is 31.9 Å². The number of unbranched alkanes of at least 4 members (excludes halogenated alkanes) is 1. The van der Waals surface area contributed by atoms with Crippen molar-refractivity contribution in [3.8, 4) is 11.8 Å². The number of esters is 1. The van der Waals surface area contributed by atoms with Gasteiger partial charge in [-0.2, -0.15) is 0 Å². The van der Waals surface area contributed by atoms with E-state index in [9.17, 15) is 42.0 Å². The number of ether oxygens (including phenoxy) is 10. The number of hydrogen-bond donors (Lipinski definition) is 7. The lowest BCUT2D eigenvalue weighted by atomic mass is 9.97. The minimum absolute atomic E-state index is 0.0523. The van der Waals surface area contributed by atoms with E-state index in [-0.39, 0.29) is 56.2 Å². The van der Waals surface area contributed by atoms with Crippen LogP contribution in [-0.4, -0.2) is 217 Å². The molecule has 85 heavy (non-hydrogen) atoms. The number of anilines is 1. The molecule has 28 nitrogen and oxygen atoms in total. The van der Waals surface area contributed by atoms with Crippen molar-refractivity contribution in [2.24, 2.45) is 17.1 Å². The van der Waals surface area contributed by atoms with Gasteiger partial charge in [0, 0.05) is 56.8 Å². The molecular formula is C56H89N9O19S. The van der Waals surface area contributed by atoms with Crippen molar-refractivity contribution in [1.29, 1.82) is 0 Å². The quantitative estimate of drug-likeness (QED) is 0.0206. The zero-order chi connectivity index (χ0) is 62.6. The van der Waals surface area contributed by atoms with E-state index in [1.54, 1.807) is 58.9 Å². The van der Waals surface area contributed by atoms with Crippen molar-refractivity contribution in [3.05, 3.63) is 47.8 Å². The highest BCUT2D eigenvalue weighted by Gasteiger charge is 2.29. The van der Waals surface area contributed by atoms with E-state index >= 15 is 0 Å². The van der Waals surface area contributed by atoms with E-state index in [2.05, 4.69) is 53.7 Å². The summed E-state index contributed by atoms with van der Waals surface area (Å²) in [6.45, 7) is 14.5. The molecule has 0 radical (unpaired) electrons. The predicted octanol–water partition coefficient (Wildman–Crippen LogP) is 0.586. The van der Waals surface area contributed by atoms with Gasteiger partial charge >= 0.3 is 12.0 Å². The van der Waals surface area contributed by atoms with Crippen LogP contribution in [0.2, 0.25) is 0 Å². The van der Waals surface area contributed by atoms with Gasteiger partial charge < -0.3 is 85.0 Å². The minimum Gasteiger partial charge on any atom is -0.460 e. The molecule has 1 heterocycles. The number of benzene rings is 1. The summed E-state index contributed by atoms with van der Waals surface area (Å²) in [5.41, 5.74) is 6.13. The third-order valence-electron chi connectivity index (χ3n) is 11.2. The molecule has 29 heteroatoms. The fourth-order valence-corrected chi connectivity index (χ4v) is 7.18. The molecule has 2 rings (SSSR count). The molecule has 1 aromatic carbocycles. The Bertz CT molecular complexity index is 2440. The van der Waals surface area contributed by atoms with Gasteiger partial charge in [-0.25, -0.2) is 23.2 Å². The number of nitrogens with one attached hydrogen (secondary N) is 6. The maximum Gasteiger partial charge on any atom is 0.312 e. The Morgan fingerprint density at radius 2 is 1.08 bits per heavy atom. The standard InChI is InChI=1S/C56H89N9O19S/c1-42(2)50(52(70)64-46(12-10-18-60-54(57)72)51(69)63-45-16-14-43(15-17-45)39-84-53(71)56(3,4)5)65-49(68)41-83-40-48(67)59-20-22-76-24-26-78-28-30-80-32-34-82-36-35-81-33-31-79-29-27-77-25-23-75-21-19-58-47(66)13-9-7-8-11-44-37-61-55(62-38-44)85(6,73)74/h14-17,37-38,42,46,50H,7,9-10,12-13,18-36,39-41H2,1-6H3,(H,58,66)(H,59,67)(H,63,69)(H,64,70)(H,65,68)(H3,57,60,72)/t46-,50-/m0/s1. The van der Waals surface area contributed by atoms with Crippen LogP contribution >= 0.6 is 0 Å². The molecule has 2 aromatic rings. The zero-order valence-corrected chi connectivity index (χ0v) is 50.7. The lowest BCUT2D eigenvalue weighted by molar-refractivity contribution is -0.154. The van der Waals surface area contributed by atoms with Crippen LogP contribution in [0.15, 0.2) is 41.8 Å². The first-order valence-electron chi connectivity index (χ1n) is 28.1. The number of aromatic nitrogens is 2. The molecule has 1 aromatic heterocycles. The summed E-state index contributed by atoms with van der Waals surface area (Å²) < 4.78 is 77.4. The highest BCUT2D eigenvalue weighted by Crippen LogP contribution is 2.18. The Kier molecular flexibility index (Phi) is 39.5. The van der Waals surface area contributed by atoms with Gasteiger partial charge in [0.15, 0.2) is 0 Å². The largest absolute Gasteiger partial charge is 0.460 e. The summed E-state index contributed by atoms with van der Waals surface area (Å²) in [7, 11) is -3.46. The fraction of sp³-hybridized carbons (Fsp3) is 0.661. The first-order chi connectivity index (χ1) is 40.6. The van der Waals surface area contributed by atoms with Gasteiger partial charge in [0.2, 0.25) is 44.5 Å². The van der Waals surface area contributed by atoms with Crippen LogP contribution in [0.3, 0.4) is 0 Å². The van der Waals surface area contributed by atoms with Crippen LogP contribution in [0, 0.1) is 23.2 Å². The molecule has 0 fully saturated rings. The van der Waals surface area contributed by atoms with Crippen LogP contribution in [0.1, 0.15) is 77.8 Å². The van der Waals surface area contributed by atoms with Gasteiger partial charge in [-0.05, 0) is 63.6 Å². The van der Waals surface area contributed by atoms with Gasteiger partial charge in [-0.1, -0.05) is 37.8 Å². The summed E-state index contributed by atoms with van der Waals surface area (Å²) in [5.74, 6) is 2.60. The van der Waals surface area contributed by atoms with Gasteiger partial charge in [0.25, 0.3) is 0 Å². The van der Waals surface area contributed by atoms with Crippen LogP contribution in [0.4, 0.5) is 10.5 Å². The third kappa shape index (κ3) is 39.0. The van der Waals surface area contributed by atoms with Gasteiger partial charge in [-0.3, -0.25) is 28.8 Å². The number of urea groups is 1. The number of nitrogens with two attached hydrogens (primary N) is 1. The van der Waals surface area contributed by atoms with Gasteiger partial charge in [0.05, 0.1) is 117 Å². The molecular weight excluding hydrogens is 1130 g/mol. The van der Waals surface area contributed by atoms with Gasteiger partial charge in [-0.15, -0.1) is 0 Å². The maximum atomic E-state index is 13.5. The van der Waals surface area contributed by atoms with E-state index < -0.39 is 76.1 Å². The summed E-state index contributed by atoms with van der Waals surface area (Å²) in [4.78, 5) is 94.9. The van der Waals surface area contributed by atoms with E-state index in [0.717, 1.165) is 6.26 Å². The number of carbonyl (C=O) groups excluding carboxylic acids is 7. The first-order valence-corrected chi connectivity index (χ1v) is 30.0. The average molecular weight is 1220 g/mol. The highest BCUT2D eigenvalue weighted by atomic mass is 32.2. The third-order valence-corrected chi connectivity index (χ3v) is 12.1. The summed E-state index contributed by atoms with van der Waals surface area (Å²) in [5, 5.41) is 15.7. The Balaban J connectivity index is 1.40. The average Bonchev–Trinajstić information content (AvgIpc) is 3.66. The smallest absolute Gasteiger partial charge is 0.312 e. The molecule has 0 saturated carbocycles. The van der Waals surface area contributed by atoms with Crippen LogP contribution in [-0.2, 0) is 92.6 Å². The Morgan fingerprint density at radius 1 is 0.600 bits per heavy atom. The normalized spacial score (nSPS) is 12.1. The van der Waals surface area contributed by atoms with Crippen LogP contribution in [0.5, 0.6) is 0 Å². The first kappa shape index (κ1) is 74.6. The second-order valence-electron chi connectivity index (χ2n) is 20.1. The maximum absolute atomic E-state index is 13.5. The van der Waals surface area contributed by atoms with Crippen molar-refractivity contribution in [1.82, 2.24) is 36.6 Å². The lowest BCUT2D eigenvalue weighted by Gasteiger charge is -2.25. The number of primary amides is 1. The Labute approximate surface area is 498 Å². The molecule has 0 aliphatic carbocycles. The van der Waals surface area contributed by atoms with Crippen molar-refractivity contribution < 1.29 is 89.3 Å². The van der Waals surface area contributed by atoms with Crippen molar-refractivity contribution in [2.75, 3.05) is 150 Å². The topological polar surface area (TPSA) is 370 Å². The van der Waals surface area contributed by atoms with Crippen molar-refractivity contribution in [2.45, 2.75) is 90.6 Å². The fourth-order valence-electron chi connectivity index (χ4n) is 6.69. The number of hydrogen-bond acceptors (Lipinski definition) is 21. The van der Waals surface area contributed by atoms with Crippen LogP contribution in [0.25, 0.3) is 0 Å². The van der Waals surface area contributed by atoms with Crippen molar-refractivity contribution in [3.63, 3.8) is 0 Å². The van der Waals surface area contributed by atoms with E-state index in [0.29, 0.717) is 142 Å². The monoisotopic (exact) mass is 1220 g/mol. The highest BCUT2D eigenvalue weighted by molar-refractivity contribution is 7.90. The van der Waals surface area contributed by atoms with E-state index in [4.69, 9.17) is 53.1 Å². The predicted molar refractivity (Wildman–Crippen MR) is 309 cm³/mol. The molecule has 2 atom stereocenters. The molecule has 8 N–H and O–H groups in total. The summed E-state index contributed by atoms with van der Waals surface area (Å²) in [6, 6.07) is 3.78. The molecule has 0 aliphatic rings. The molecule has 0 unspecified atom stereocenters. The second kappa shape index (κ2) is 44.9. The zero-order valence-electron chi connectivity index (χ0n) is 49.9. The number of amides is 7. The number of carbonyl (C=O) groups is 7.